The fourth-order valence-electron chi connectivity index (χ4n) is 3.85. The Labute approximate surface area is 158 Å². The highest BCUT2D eigenvalue weighted by atomic mass is 16.6. The Kier molecular flexibility index (Phi) is 8.11. The second-order valence-electron chi connectivity index (χ2n) is 8.56. The molecule has 4 heteroatoms. The number of nitrogens with one attached hydrogen (secondary N) is 1. The molecule has 0 amide bonds. The summed E-state index contributed by atoms with van der Waals surface area (Å²) in [6.45, 7) is 7.28. The first-order valence-corrected chi connectivity index (χ1v) is 10.1. The zero-order chi connectivity index (χ0) is 19.0. The number of benzene rings is 1. The molecule has 0 saturated heterocycles. The van der Waals surface area contributed by atoms with Crippen molar-refractivity contribution >= 4 is 5.97 Å². The summed E-state index contributed by atoms with van der Waals surface area (Å²) >= 11 is 0. The molecule has 1 aromatic carbocycles. The van der Waals surface area contributed by atoms with Crippen molar-refractivity contribution in [2.75, 3.05) is 13.1 Å². The van der Waals surface area contributed by atoms with Gasteiger partial charge in [-0.3, -0.25) is 4.79 Å². The third-order valence-electron chi connectivity index (χ3n) is 5.11. The van der Waals surface area contributed by atoms with Crippen LogP contribution in [0.15, 0.2) is 30.3 Å². The van der Waals surface area contributed by atoms with Crippen LogP contribution in [0.1, 0.15) is 58.4 Å². The molecule has 3 N–H and O–H groups in total. The number of carbonyl (C=O) groups excluding carboxylic acids is 1. The van der Waals surface area contributed by atoms with E-state index in [-0.39, 0.29) is 17.9 Å². The van der Waals surface area contributed by atoms with Crippen LogP contribution in [0.4, 0.5) is 0 Å². The molecule has 146 valence electrons. The van der Waals surface area contributed by atoms with Gasteiger partial charge in [-0.2, -0.15) is 0 Å². The number of ether oxygens (including phenoxy) is 1. The summed E-state index contributed by atoms with van der Waals surface area (Å²) in [5.41, 5.74) is 7.33. The van der Waals surface area contributed by atoms with E-state index in [1.54, 1.807) is 0 Å². The van der Waals surface area contributed by atoms with Gasteiger partial charge in [-0.25, -0.2) is 0 Å². The summed E-state index contributed by atoms with van der Waals surface area (Å²) in [4.78, 5) is 12.8. The van der Waals surface area contributed by atoms with Gasteiger partial charge in [0.2, 0.25) is 0 Å². The highest BCUT2D eigenvalue weighted by molar-refractivity contribution is 5.74. The van der Waals surface area contributed by atoms with E-state index in [4.69, 9.17) is 10.5 Å². The topological polar surface area (TPSA) is 64.3 Å². The van der Waals surface area contributed by atoms with E-state index in [0.717, 1.165) is 25.8 Å². The lowest BCUT2D eigenvalue weighted by atomic mass is 9.76. The molecular weight excluding hydrogens is 324 g/mol. The molecule has 26 heavy (non-hydrogen) atoms. The average molecular weight is 361 g/mol. The van der Waals surface area contributed by atoms with Crippen LogP contribution in [-0.4, -0.2) is 30.7 Å². The lowest BCUT2D eigenvalue weighted by molar-refractivity contribution is -0.163. The Morgan fingerprint density at radius 3 is 2.46 bits per heavy atom. The van der Waals surface area contributed by atoms with Gasteiger partial charge in [0.15, 0.2) is 0 Å². The van der Waals surface area contributed by atoms with Crippen molar-refractivity contribution in [3.8, 4) is 0 Å². The number of esters is 1. The highest BCUT2D eigenvalue weighted by Gasteiger charge is 2.36. The zero-order valence-corrected chi connectivity index (χ0v) is 16.7. The molecule has 1 fully saturated rings. The van der Waals surface area contributed by atoms with Gasteiger partial charge in [0.25, 0.3) is 0 Å². The molecule has 0 bridgehead atoms. The second kappa shape index (κ2) is 10.1. The number of rotatable bonds is 8. The molecule has 1 aromatic rings. The number of hydrogen-bond acceptors (Lipinski definition) is 4. The van der Waals surface area contributed by atoms with E-state index in [1.165, 1.54) is 24.8 Å². The minimum Gasteiger partial charge on any atom is -0.460 e. The van der Waals surface area contributed by atoms with Gasteiger partial charge in [0.05, 0.1) is 5.92 Å². The van der Waals surface area contributed by atoms with Crippen LogP contribution < -0.4 is 11.1 Å². The first-order valence-electron chi connectivity index (χ1n) is 10.1. The Balaban J connectivity index is 1.89. The van der Waals surface area contributed by atoms with Gasteiger partial charge in [-0.1, -0.05) is 49.6 Å². The molecule has 2 rings (SSSR count). The van der Waals surface area contributed by atoms with Gasteiger partial charge in [-0.15, -0.1) is 0 Å². The van der Waals surface area contributed by atoms with Crippen molar-refractivity contribution in [1.82, 2.24) is 5.32 Å². The predicted molar refractivity (Wildman–Crippen MR) is 107 cm³/mol. The minimum absolute atomic E-state index is 0.123. The lowest BCUT2D eigenvalue weighted by Crippen LogP contribution is -2.49. The molecular formula is C22H36N2O2. The van der Waals surface area contributed by atoms with E-state index in [1.807, 2.05) is 26.8 Å². The molecule has 0 spiro atoms. The number of hydrogen-bond donors (Lipinski definition) is 2. The van der Waals surface area contributed by atoms with Crippen LogP contribution in [0, 0.1) is 11.8 Å². The molecule has 4 nitrogen and oxygen atoms in total. The smallest absolute Gasteiger partial charge is 0.311 e. The first-order chi connectivity index (χ1) is 12.4. The van der Waals surface area contributed by atoms with Gasteiger partial charge in [0, 0.05) is 12.6 Å². The monoisotopic (exact) mass is 360 g/mol. The van der Waals surface area contributed by atoms with Gasteiger partial charge >= 0.3 is 5.97 Å². The SMILES string of the molecule is CC(C)(C)OC(=O)C(C1CCCCC1)[C@@H](N)CNCCc1ccccc1. The molecule has 1 saturated carbocycles. The summed E-state index contributed by atoms with van der Waals surface area (Å²) in [6.07, 6.45) is 6.79. The van der Waals surface area contributed by atoms with E-state index in [0.29, 0.717) is 12.5 Å². The average Bonchev–Trinajstić information content (AvgIpc) is 2.59. The summed E-state index contributed by atoms with van der Waals surface area (Å²) < 4.78 is 5.70. The van der Waals surface area contributed by atoms with Crippen LogP contribution in [0.2, 0.25) is 0 Å². The Morgan fingerprint density at radius 2 is 1.85 bits per heavy atom. The zero-order valence-electron chi connectivity index (χ0n) is 16.7. The lowest BCUT2D eigenvalue weighted by Gasteiger charge is -2.34. The normalized spacial score (nSPS) is 18.3. The molecule has 2 atom stereocenters. The van der Waals surface area contributed by atoms with Crippen LogP contribution in [0.25, 0.3) is 0 Å². The first kappa shape index (κ1) is 20.9. The summed E-state index contributed by atoms with van der Waals surface area (Å²) in [5, 5.41) is 3.44. The minimum atomic E-state index is -0.468. The van der Waals surface area contributed by atoms with Crippen molar-refractivity contribution in [2.45, 2.75) is 70.9 Å². The Bertz CT molecular complexity index is 533. The largest absolute Gasteiger partial charge is 0.460 e. The van der Waals surface area contributed by atoms with Gasteiger partial charge in [0.1, 0.15) is 5.60 Å². The van der Waals surface area contributed by atoms with Crippen LogP contribution >= 0.6 is 0 Å². The van der Waals surface area contributed by atoms with E-state index >= 15 is 0 Å². The molecule has 1 unspecified atom stereocenters. The van der Waals surface area contributed by atoms with Crippen molar-refractivity contribution in [1.29, 1.82) is 0 Å². The molecule has 0 radical (unpaired) electrons. The fraction of sp³-hybridized carbons (Fsp3) is 0.682. The third-order valence-corrected chi connectivity index (χ3v) is 5.11. The van der Waals surface area contributed by atoms with Gasteiger partial charge in [-0.05, 0) is 58.1 Å². The number of carbonyl (C=O) groups is 1. The number of nitrogens with two attached hydrogens (primary N) is 1. The fourth-order valence-corrected chi connectivity index (χ4v) is 3.85. The molecule has 0 aliphatic heterocycles. The van der Waals surface area contributed by atoms with Crippen LogP contribution in [0.3, 0.4) is 0 Å². The summed E-state index contributed by atoms with van der Waals surface area (Å²) in [5.74, 6) is 0.0185. The second-order valence-corrected chi connectivity index (χ2v) is 8.56. The van der Waals surface area contributed by atoms with Crippen molar-refractivity contribution in [3.05, 3.63) is 35.9 Å². The molecule has 1 aliphatic rings. The molecule has 0 aromatic heterocycles. The van der Waals surface area contributed by atoms with Crippen molar-refractivity contribution < 1.29 is 9.53 Å². The highest BCUT2D eigenvalue weighted by Crippen LogP contribution is 2.33. The predicted octanol–water partition coefficient (Wildman–Crippen LogP) is 3.68. The van der Waals surface area contributed by atoms with Crippen molar-refractivity contribution in [3.63, 3.8) is 0 Å². The van der Waals surface area contributed by atoms with Crippen LogP contribution in [0.5, 0.6) is 0 Å². The maximum Gasteiger partial charge on any atom is 0.311 e. The summed E-state index contributed by atoms with van der Waals surface area (Å²) in [6, 6.07) is 10.2. The standard InChI is InChI=1S/C22H36N2O2/c1-22(2,3)26-21(25)20(18-12-8-5-9-13-18)19(23)16-24-15-14-17-10-6-4-7-11-17/h4,6-7,10-11,18-20,24H,5,8-9,12-16,23H2,1-3H3/t19-,20?/m0/s1. The summed E-state index contributed by atoms with van der Waals surface area (Å²) in [7, 11) is 0. The quantitative estimate of drug-likeness (QED) is 0.548. The van der Waals surface area contributed by atoms with Crippen LogP contribution in [-0.2, 0) is 16.0 Å². The maximum absolute atomic E-state index is 12.8. The van der Waals surface area contributed by atoms with E-state index in [9.17, 15) is 4.79 Å². The van der Waals surface area contributed by atoms with Crippen molar-refractivity contribution in [2.24, 2.45) is 17.6 Å². The molecule has 1 aliphatic carbocycles. The van der Waals surface area contributed by atoms with E-state index < -0.39 is 5.60 Å². The third kappa shape index (κ3) is 7.08. The molecule has 0 heterocycles. The maximum atomic E-state index is 12.8. The van der Waals surface area contributed by atoms with E-state index in [2.05, 4.69) is 29.6 Å². The van der Waals surface area contributed by atoms with Gasteiger partial charge < -0.3 is 15.8 Å². The Hall–Kier alpha value is -1.39. The Morgan fingerprint density at radius 1 is 1.19 bits per heavy atom.